The number of hydrogen-bond acceptors (Lipinski definition) is 9. The summed E-state index contributed by atoms with van der Waals surface area (Å²) in [7, 11) is 0. The molecule has 4 aliphatic carbocycles. The van der Waals surface area contributed by atoms with Crippen molar-refractivity contribution in [3.8, 4) is 0 Å². The number of ether oxygens (including phenoxy) is 5. The zero-order valence-electron chi connectivity index (χ0n) is 21.6. The summed E-state index contributed by atoms with van der Waals surface area (Å²) in [6.07, 6.45) is 8.39. The van der Waals surface area contributed by atoms with E-state index in [0.29, 0.717) is 51.1 Å². The van der Waals surface area contributed by atoms with Gasteiger partial charge in [-0.25, -0.2) is 0 Å². The van der Waals surface area contributed by atoms with Crippen molar-refractivity contribution in [3.05, 3.63) is 0 Å². The molecule has 0 aromatic rings. The highest BCUT2D eigenvalue weighted by Gasteiger charge is 2.47. The van der Waals surface area contributed by atoms with E-state index in [2.05, 4.69) is 0 Å². The largest absolute Gasteiger partial charge is 0.465 e. The van der Waals surface area contributed by atoms with Gasteiger partial charge in [0.05, 0.1) is 73.9 Å². The van der Waals surface area contributed by atoms with Crippen molar-refractivity contribution >= 4 is 11.9 Å². The first-order valence-electron chi connectivity index (χ1n) is 14.6. The third-order valence-corrected chi connectivity index (χ3v) is 9.68. The van der Waals surface area contributed by atoms with Crippen molar-refractivity contribution < 1.29 is 43.5 Å². The van der Waals surface area contributed by atoms with Gasteiger partial charge < -0.3 is 33.9 Å². The maximum Gasteiger partial charge on any atom is 0.309 e. The first-order valence-corrected chi connectivity index (χ1v) is 14.6. The van der Waals surface area contributed by atoms with Crippen LogP contribution in [0.15, 0.2) is 0 Å². The van der Waals surface area contributed by atoms with E-state index in [1.165, 1.54) is 0 Å². The van der Waals surface area contributed by atoms with Crippen molar-refractivity contribution in [1.29, 1.82) is 0 Å². The van der Waals surface area contributed by atoms with E-state index in [9.17, 15) is 19.8 Å². The molecule has 0 amide bonds. The minimum Gasteiger partial charge on any atom is -0.465 e. The lowest BCUT2D eigenvalue weighted by Gasteiger charge is -2.39. The van der Waals surface area contributed by atoms with E-state index in [1.807, 2.05) is 0 Å². The molecular formula is C28H42O9. The molecule has 2 N–H and O–H groups in total. The van der Waals surface area contributed by atoms with Gasteiger partial charge in [0.15, 0.2) is 0 Å². The molecule has 0 bridgehead atoms. The number of carbonyl (C=O) groups is 2. The molecule has 6 fully saturated rings. The number of fused-ring (bicyclic) bond motifs is 2. The third kappa shape index (κ3) is 6.32. The summed E-state index contributed by atoms with van der Waals surface area (Å²) in [5.41, 5.74) is 0. The van der Waals surface area contributed by atoms with Crippen LogP contribution in [0.3, 0.4) is 0 Å². The average molecular weight is 523 g/mol. The maximum atomic E-state index is 12.5. The zero-order chi connectivity index (χ0) is 25.5. The summed E-state index contributed by atoms with van der Waals surface area (Å²) in [6, 6.07) is 0. The van der Waals surface area contributed by atoms with Crippen LogP contribution in [0.1, 0.15) is 77.0 Å². The van der Waals surface area contributed by atoms with Crippen LogP contribution in [0.2, 0.25) is 0 Å². The highest BCUT2D eigenvalue weighted by atomic mass is 16.6. The van der Waals surface area contributed by atoms with Crippen LogP contribution in [-0.2, 0) is 33.3 Å². The molecule has 208 valence electrons. The molecule has 0 spiro atoms. The van der Waals surface area contributed by atoms with E-state index in [0.717, 1.165) is 51.4 Å². The molecule has 12 atom stereocenters. The number of aliphatic hydroxyl groups is 2. The predicted octanol–water partition coefficient (Wildman–Crippen LogP) is 2.28. The molecule has 9 nitrogen and oxygen atoms in total. The van der Waals surface area contributed by atoms with Gasteiger partial charge in [-0.3, -0.25) is 9.59 Å². The second-order valence-electron chi connectivity index (χ2n) is 12.4. The molecule has 0 aromatic heterocycles. The molecule has 6 rings (SSSR count). The number of rotatable bonds is 8. The Labute approximate surface area is 218 Å². The molecule has 9 heteroatoms. The first kappa shape index (κ1) is 26.0. The fourth-order valence-corrected chi connectivity index (χ4v) is 7.10. The lowest BCUT2D eigenvalue weighted by molar-refractivity contribution is -0.165. The van der Waals surface area contributed by atoms with Crippen LogP contribution in [0, 0.1) is 23.7 Å². The SMILES string of the molecule is O=C(OCC1CCC(OC2CC(COC(=O)C3CCC4OC4C3)CCC2O)C(O)C1)C1CCC2OC2C1. The molecule has 2 saturated heterocycles. The number of epoxide rings is 2. The van der Waals surface area contributed by atoms with Gasteiger partial charge in [0.1, 0.15) is 0 Å². The van der Waals surface area contributed by atoms with E-state index in [-0.39, 0.29) is 60.0 Å². The van der Waals surface area contributed by atoms with Crippen molar-refractivity contribution in [1.82, 2.24) is 0 Å². The number of esters is 2. The smallest absolute Gasteiger partial charge is 0.309 e. The highest BCUT2D eigenvalue weighted by Crippen LogP contribution is 2.41. The van der Waals surface area contributed by atoms with Gasteiger partial charge in [-0.15, -0.1) is 0 Å². The Morgan fingerprint density at radius 3 is 1.73 bits per heavy atom. The zero-order valence-corrected chi connectivity index (χ0v) is 21.6. The van der Waals surface area contributed by atoms with Gasteiger partial charge in [0, 0.05) is 0 Å². The van der Waals surface area contributed by atoms with E-state index in [4.69, 9.17) is 23.7 Å². The van der Waals surface area contributed by atoms with Gasteiger partial charge in [-0.2, -0.15) is 0 Å². The van der Waals surface area contributed by atoms with Crippen LogP contribution in [0.25, 0.3) is 0 Å². The molecule has 4 saturated carbocycles. The van der Waals surface area contributed by atoms with E-state index >= 15 is 0 Å². The molecule has 6 aliphatic rings. The molecular weight excluding hydrogens is 480 g/mol. The van der Waals surface area contributed by atoms with Gasteiger partial charge in [-0.1, -0.05) is 0 Å². The molecule has 37 heavy (non-hydrogen) atoms. The van der Waals surface area contributed by atoms with Gasteiger partial charge in [-0.05, 0) is 88.9 Å². The molecule has 0 aromatic carbocycles. The number of hydrogen-bond donors (Lipinski definition) is 2. The highest BCUT2D eigenvalue weighted by molar-refractivity contribution is 5.73. The molecule has 2 aliphatic heterocycles. The number of carbonyl (C=O) groups excluding carboxylic acids is 2. The van der Waals surface area contributed by atoms with Gasteiger partial charge >= 0.3 is 11.9 Å². The average Bonchev–Trinajstić information content (AvgIpc) is 3.82. The monoisotopic (exact) mass is 522 g/mol. The van der Waals surface area contributed by atoms with Crippen LogP contribution in [0.4, 0.5) is 0 Å². The second kappa shape index (κ2) is 11.1. The summed E-state index contributed by atoms with van der Waals surface area (Å²) >= 11 is 0. The maximum absolute atomic E-state index is 12.5. The summed E-state index contributed by atoms with van der Waals surface area (Å²) in [4.78, 5) is 25.0. The van der Waals surface area contributed by atoms with Crippen molar-refractivity contribution in [2.75, 3.05) is 13.2 Å². The Balaban J connectivity index is 0.906. The predicted molar refractivity (Wildman–Crippen MR) is 129 cm³/mol. The lowest BCUT2D eigenvalue weighted by Crippen LogP contribution is -2.45. The minimum atomic E-state index is -0.655. The third-order valence-electron chi connectivity index (χ3n) is 9.68. The lowest BCUT2D eigenvalue weighted by atomic mass is 9.83. The minimum absolute atomic E-state index is 0.0585. The summed E-state index contributed by atoms with van der Waals surface area (Å²) < 4.78 is 28.5. The fourth-order valence-electron chi connectivity index (χ4n) is 7.10. The summed E-state index contributed by atoms with van der Waals surface area (Å²) in [6.45, 7) is 0.689. The Hall–Kier alpha value is -1.26. The normalized spacial score (nSPS) is 46.8. The van der Waals surface area contributed by atoms with Crippen molar-refractivity contribution in [3.63, 3.8) is 0 Å². The quantitative estimate of drug-likeness (QED) is 0.364. The first-order chi connectivity index (χ1) is 17.9. The number of aliphatic hydroxyl groups excluding tert-OH is 2. The molecule has 0 radical (unpaired) electrons. The Kier molecular flexibility index (Phi) is 7.78. The van der Waals surface area contributed by atoms with E-state index < -0.39 is 12.2 Å². The topological polar surface area (TPSA) is 127 Å². The van der Waals surface area contributed by atoms with Crippen molar-refractivity contribution in [2.24, 2.45) is 23.7 Å². The van der Waals surface area contributed by atoms with Crippen LogP contribution in [0.5, 0.6) is 0 Å². The van der Waals surface area contributed by atoms with Gasteiger partial charge in [0.2, 0.25) is 0 Å². The van der Waals surface area contributed by atoms with Crippen molar-refractivity contribution in [2.45, 2.75) is 126 Å². The van der Waals surface area contributed by atoms with E-state index in [1.54, 1.807) is 0 Å². The molecule has 12 unspecified atom stereocenters. The second-order valence-corrected chi connectivity index (χ2v) is 12.4. The Bertz CT molecular complexity index is 834. The molecule has 2 heterocycles. The summed E-state index contributed by atoms with van der Waals surface area (Å²) in [5, 5.41) is 21.3. The van der Waals surface area contributed by atoms with Crippen LogP contribution in [-0.4, -0.2) is 84.2 Å². The fraction of sp³-hybridized carbons (Fsp3) is 0.929. The summed E-state index contributed by atoms with van der Waals surface area (Å²) in [5.74, 6) is -0.109. The standard InChI is InChI=1S/C28H42O9/c29-19-5-1-16(14-34-28(32)18-4-8-23-26(12-18)37-23)10-24(19)35-21-6-2-15(9-20(21)30)13-33-27(31)17-3-7-22-25(11-17)36-22/h15-26,29-30H,1-14H2. The van der Waals surface area contributed by atoms with Crippen LogP contribution >= 0.6 is 0 Å². The van der Waals surface area contributed by atoms with Crippen LogP contribution < -0.4 is 0 Å². The Morgan fingerprint density at radius 1 is 0.595 bits per heavy atom. The Morgan fingerprint density at radius 2 is 1.16 bits per heavy atom. The van der Waals surface area contributed by atoms with Gasteiger partial charge in [0.25, 0.3) is 0 Å².